The molecule has 0 amide bonds. The molecule has 2 rings (SSSR count). The molecule has 2 N–H and O–H groups in total. The van der Waals surface area contributed by atoms with Gasteiger partial charge in [-0.05, 0) is 24.6 Å². The second-order valence-corrected chi connectivity index (χ2v) is 4.13. The zero-order chi connectivity index (χ0) is 10.8. The van der Waals surface area contributed by atoms with Crippen LogP contribution in [0, 0.1) is 5.92 Å². The van der Waals surface area contributed by atoms with Crippen molar-refractivity contribution < 1.29 is 9.53 Å². The first-order chi connectivity index (χ1) is 7.16. The van der Waals surface area contributed by atoms with E-state index in [0.717, 1.165) is 6.42 Å². The van der Waals surface area contributed by atoms with Gasteiger partial charge in [0, 0.05) is 28.8 Å². The number of nitrogens with two attached hydrogens (primary N) is 1. The van der Waals surface area contributed by atoms with E-state index in [1.54, 1.807) is 18.2 Å². The van der Waals surface area contributed by atoms with Crippen molar-refractivity contribution in [2.45, 2.75) is 6.42 Å². The Bertz CT molecular complexity index is 366. The summed E-state index contributed by atoms with van der Waals surface area (Å²) < 4.78 is 5.18. The van der Waals surface area contributed by atoms with E-state index in [4.69, 9.17) is 22.1 Å². The summed E-state index contributed by atoms with van der Waals surface area (Å²) in [6, 6.07) is 4.94. The Morgan fingerprint density at radius 1 is 1.47 bits per heavy atom. The van der Waals surface area contributed by atoms with Crippen LogP contribution in [0.5, 0.6) is 0 Å². The molecular weight excluding hydrogens is 214 g/mol. The van der Waals surface area contributed by atoms with E-state index < -0.39 is 0 Å². The zero-order valence-corrected chi connectivity index (χ0v) is 8.96. The van der Waals surface area contributed by atoms with Crippen molar-refractivity contribution >= 4 is 23.1 Å². The van der Waals surface area contributed by atoms with Gasteiger partial charge in [0.2, 0.25) is 0 Å². The predicted molar refractivity (Wildman–Crippen MR) is 59.1 cm³/mol. The second kappa shape index (κ2) is 4.21. The molecule has 3 nitrogen and oxygen atoms in total. The van der Waals surface area contributed by atoms with Crippen molar-refractivity contribution in [3.8, 4) is 0 Å². The van der Waals surface area contributed by atoms with Crippen molar-refractivity contribution in [3.63, 3.8) is 0 Å². The highest BCUT2D eigenvalue weighted by Crippen LogP contribution is 2.22. The van der Waals surface area contributed by atoms with Gasteiger partial charge in [0.25, 0.3) is 0 Å². The van der Waals surface area contributed by atoms with Gasteiger partial charge in [0.15, 0.2) is 5.78 Å². The molecule has 4 heteroatoms. The maximum atomic E-state index is 12.0. The first kappa shape index (κ1) is 10.5. The summed E-state index contributed by atoms with van der Waals surface area (Å²) in [6.45, 7) is 1.16. The third-order valence-electron chi connectivity index (χ3n) is 2.51. The van der Waals surface area contributed by atoms with Gasteiger partial charge >= 0.3 is 0 Å². The van der Waals surface area contributed by atoms with E-state index in [1.165, 1.54) is 0 Å². The second-order valence-electron chi connectivity index (χ2n) is 3.70. The maximum Gasteiger partial charge on any atom is 0.168 e. The molecule has 1 unspecified atom stereocenters. The van der Waals surface area contributed by atoms with E-state index in [1.807, 2.05) is 0 Å². The lowest BCUT2D eigenvalue weighted by atomic mass is 9.97. The van der Waals surface area contributed by atoms with Crippen LogP contribution in [-0.2, 0) is 4.74 Å². The summed E-state index contributed by atoms with van der Waals surface area (Å²) in [7, 11) is 0. The Morgan fingerprint density at radius 3 is 2.87 bits per heavy atom. The lowest BCUT2D eigenvalue weighted by molar-refractivity contribution is 0.0900. The standard InChI is InChI=1S/C11H12ClNO2/c12-9-3-8(4-10(13)5-9)11(14)7-1-2-15-6-7/h3-5,7H,1-2,6,13H2. The van der Waals surface area contributed by atoms with E-state index in [0.29, 0.717) is 29.5 Å². The van der Waals surface area contributed by atoms with E-state index in [9.17, 15) is 4.79 Å². The molecule has 1 fully saturated rings. The third-order valence-corrected chi connectivity index (χ3v) is 2.72. The Hall–Kier alpha value is -1.06. The van der Waals surface area contributed by atoms with Crippen LogP contribution >= 0.6 is 11.6 Å². The number of rotatable bonds is 2. The molecule has 1 heterocycles. The fourth-order valence-electron chi connectivity index (χ4n) is 1.73. The van der Waals surface area contributed by atoms with Crippen molar-refractivity contribution in [3.05, 3.63) is 28.8 Å². The Kier molecular flexibility index (Phi) is 2.93. The summed E-state index contributed by atoms with van der Waals surface area (Å²) in [5.74, 6) is 0.0320. The molecule has 1 aromatic carbocycles. The minimum Gasteiger partial charge on any atom is -0.399 e. The molecule has 0 bridgehead atoms. The first-order valence-corrected chi connectivity index (χ1v) is 5.22. The molecule has 1 saturated heterocycles. The number of nitrogen functional groups attached to an aromatic ring is 1. The lowest BCUT2D eigenvalue weighted by Crippen LogP contribution is -2.14. The topological polar surface area (TPSA) is 52.3 Å². The molecule has 1 atom stereocenters. The number of anilines is 1. The molecule has 80 valence electrons. The van der Waals surface area contributed by atoms with Gasteiger partial charge in [-0.3, -0.25) is 4.79 Å². The van der Waals surface area contributed by atoms with Crippen LogP contribution in [0.15, 0.2) is 18.2 Å². The van der Waals surface area contributed by atoms with Crippen LogP contribution in [0.2, 0.25) is 5.02 Å². The normalized spacial score (nSPS) is 20.5. The molecule has 0 aliphatic carbocycles. The van der Waals surface area contributed by atoms with Crippen molar-refractivity contribution in [2.75, 3.05) is 18.9 Å². The first-order valence-electron chi connectivity index (χ1n) is 4.85. The SMILES string of the molecule is Nc1cc(Cl)cc(C(=O)C2CCOC2)c1. The maximum absolute atomic E-state index is 12.0. The highest BCUT2D eigenvalue weighted by atomic mass is 35.5. The number of carbonyl (C=O) groups is 1. The molecule has 0 aromatic heterocycles. The Balaban J connectivity index is 2.24. The van der Waals surface area contributed by atoms with E-state index >= 15 is 0 Å². The molecule has 15 heavy (non-hydrogen) atoms. The van der Waals surface area contributed by atoms with Gasteiger partial charge in [-0.15, -0.1) is 0 Å². The summed E-state index contributed by atoms with van der Waals surface area (Å²) >= 11 is 5.84. The molecule has 1 aliphatic rings. The number of hydrogen-bond donors (Lipinski definition) is 1. The Morgan fingerprint density at radius 2 is 2.27 bits per heavy atom. The predicted octanol–water partition coefficient (Wildman–Crippen LogP) is 2.14. The number of ether oxygens (including phenoxy) is 1. The number of carbonyl (C=O) groups excluding carboxylic acids is 1. The fourth-order valence-corrected chi connectivity index (χ4v) is 1.98. The Labute approximate surface area is 93.2 Å². The minimum atomic E-state index is -0.0390. The van der Waals surface area contributed by atoms with Gasteiger partial charge in [-0.25, -0.2) is 0 Å². The quantitative estimate of drug-likeness (QED) is 0.620. The van der Waals surface area contributed by atoms with Crippen molar-refractivity contribution in [1.29, 1.82) is 0 Å². The summed E-state index contributed by atoms with van der Waals surface area (Å²) in [4.78, 5) is 12.0. The van der Waals surface area contributed by atoms with Crippen LogP contribution in [-0.4, -0.2) is 19.0 Å². The van der Waals surface area contributed by atoms with Gasteiger partial charge < -0.3 is 10.5 Å². The number of Topliss-reactive ketones (excluding diaryl/α,β-unsaturated/α-hetero) is 1. The number of hydrogen-bond acceptors (Lipinski definition) is 3. The van der Waals surface area contributed by atoms with Gasteiger partial charge in [0.05, 0.1) is 6.61 Å². The van der Waals surface area contributed by atoms with Crippen LogP contribution in [0.4, 0.5) is 5.69 Å². The van der Waals surface area contributed by atoms with E-state index in [2.05, 4.69) is 0 Å². The molecule has 1 aliphatic heterocycles. The van der Waals surface area contributed by atoms with E-state index in [-0.39, 0.29) is 11.7 Å². The van der Waals surface area contributed by atoms with Crippen LogP contribution in [0.1, 0.15) is 16.8 Å². The number of benzene rings is 1. The monoisotopic (exact) mass is 225 g/mol. The molecule has 0 spiro atoms. The molecule has 0 saturated carbocycles. The van der Waals surface area contributed by atoms with Gasteiger partial charge in [-0.2, -0.15) is 0 Å². The lowest BCUT2D eigenvalue weighted by Gasteiger charge is -2.07. The molecule has 0 radical (unpaired) electrons. The van der Waals surface area contributed by atoms with Crippen LogP contribution in [0.25, 0.3) is 0 Å². The largest absolute Gasteiger partial charge is 0.399 e. The average molecular weight is 226 g/mol. The molecule has 1 aromatic rings. The summed E-state index contributed by atoms with van der Waals surface area (Å²) in [5.41, 5.74) is 6.73. The van der Waals surface area contributed by atoms with Crippen molar-refractivity contribution in [2.24, 2.45) is 5.92 Å². The van der Waals surface area contributed by atoms with Crippen molar-refractivity contribution in [1.82, 2.24) is 0 Å². The highest BCUT2D eigenvalue weighted by Gasteiger charge is 2.24. The average Bonchev–Trinajstić information content (AvgIpc) is 2.67. The minimum absolute atomic E-state index is 0.0390. The number of halogens is 1. The fraction of sp³-hybridized carbons (Fsp3) is 0.364. The highest BCUT2D eigenvalue weighted by molar-refractivity contribution is 6.31. The number of ketones is 1. The van der Waals surface area contributed by atoms with Crippen LogP contribution in [0.3, 0.4) is 0 Å². The summed E-state index contributed by atoms with van der Waals surface area (Å²) in [6.07, 6.45) is 0.783. The van der Waals surface area contributed by atoms with Gasteiger partial charge in [0.1, 0.15) is 0 Å². The van der Waals surface area contributed by atoms with Gasteiger partial charge in [-0.1, -0.05) is 11.6 Å². The molecular formula is C11H12ClNO2. The zero-order valence-electron chi connectivity index (χ0n) is 8.20. The smallest absolute Gasteiger partial charge is 0.168 e. The third kappa shape index (κ3) is 2.30. The summed E-state index contributed by atoms with van der Waals surface area (Å²) in [5, 5.41) is 0.497. The van der Waals surface area contributed by atoms with Crippen LogP contribution < -0.4 is 5.73 Å².